The zero-order valence-corrected chi connectivity index (χ0v) is 17.5. The lowest BCUT2D eigenvalue weighted by Gasteiger charge is -2.30. The van der Waals surface area contributed by atoms with Crippen LogP contribution in [0, 0.1) is 31.6 Å². The number of hydrogen-bond donors (Lipinski definition) is 2. The molecule has 0 radical (unpaired) electrons. The Bertz CT molecular complexity index is 1110. The Labute approximate surface area is 175 Å². The van der Waals surface area contributed by atoms with Gasteiger partial charge in [0, 0.05) is 17.3 Å². The molecule has 6 nitrogen and oxygen atoms in total. The van der Waals surface area contributed by atoms with Crippen molar-refractivity contribution in [2.75, 3.05) is 10.2 Å². The van der Waals surface area contributed by atoms with E-state index >= 15 is 0 Å². The number of nitrogens with one attached hydrogen (secondary N) is 2. The molecule has 3 amide bonds. The molecule has 2 aromatic carbocycles. The van der Waals surface area contributed by atoms with Gasteiger partial charge in [0.2, 0.25) is 17.7 Å². The summed E-state index contributed by atoms with van der Waals surface area (Å²) in [6, 6.07) is 12.8. The first kappa shape index (κ1) is 19.0. The Hall–Kier alpha value is -2.99. The standard InChI is InChI=1S/C24H25N3O3/c1-12(2)20-18-19(24(26-20)15-9-5-6-10-16(15)25-23(24)30)22(29)27(21(18)28)17-11-7-8-13(3)14(17)4/h5-12,18-20,26H,1-4H3,(H,25,30). The Balaban J connectivity index is 1.71. The average Bonchev–Trinajstić information content (AvgIpc) is 3.30. The number of aryl methyl sites for hydroxylation is 1. The number of amides is 3. The minimum Gasteiger partial charge on any atom is -0.324 e. The van der Waals surface area contributed by atoms with Crippen molar-refractivity contribution in [1.82, 2.24) is 5.32 Å². The van der Waals surface area contributed by atoms with Crippen LogP contribution in [0.3, 0.4) is 0 Å². The molecule has 3 aliphatic rings. The molecule has 3 heterocycles. The summed E-state index contributed by atoms with van der Waals surface area (Å²) >= 11 is 0. The van der Waals surface area contributed by atoms with Gasteiger partial charge in [0.25, 0.3) is 0 Å². The highest BCUT2D eigenvalue weighted by Gasteiger charge is 2.71. The predicted molar refractivity (Wildman–Crippen MR) is 114 cm³/mol. The lowest BCUT2D eigenvalue weighted by atomic mass is 9.76. The summed E-state index contributed by atoms with van der Waals surface area (Å²) in [5.41, 5.74) is 2.75. The van der Waals surface area contributed by atoms with Crippen LogP contribution in [0.25, 0.3) is 0 Å². The zero-order valence-electron chi connectivity index (χ0n) is 17.5. The molecule has 0 aromatic heterocycles. The molecule has 0 saturated carbocycles. The summed E-state index contributed by atoms with van der Waals surface area (Å²) in [6.07, 6.45) is 0. The fourth-order valence-corrected chi connectivity index (χ4v) is 5.48. The normalized spacial score (nSPS) is 29.7. The second-order valence-electron chi connectivity index (χ2n) is 8.96. The molecule has 2 saturated heterocycles. The van der Waals surface area contributed by atoms with E-state index in [4.69, 9.17) is 0 Å². The number of nitrogens with zero attached hydrogens (tertiary/aromatic N) is 1. The maximum Gasteiger partial charge on any atom is 0.250 e. The average molecular weight is 403 g/mol. The van der Waals surface area contributed by atoms with E-state index in [-0.39, 0.29) is 29.7 Å². The van der Waals surface area contributed by atoms with Gasteiger partial charge in [-0.1, -0.05) is 44.2 Å². The van der Waals surface area contributed by atoms with E-state index in [0.717, 1.165) is 16.7 Å². The molecule has 3 aliphatic heterocycles. The number of fused-ring (bicyclic) bond motifs is 4. The summed E-state index contributed by atoms with van der Waals surface area (Å²) in [7, 11) is 0. The van der Waals surface area contributed by atoms with Crippen molar-refractivity contribution in [2.45, 2.75) is 39.3 Å². The summed E-state index contributed by atoms with van der Waals surface area (Å²) in [5, 5.41) is 6.38. The Kier molecular flexibility index (Phi) is 3.96. The van der Waals surface area contributed by atoms with Crippen LogP contribution in [0.15, 0.2) is 42.5 Å². The Morgan fingerprint density at radius 1 is 0.967 bits per heavy atom. The summed E-state index contributed by atoms with van der Waals surface area (Å²) in [4.78, 5) is 42.1. The van der Waals surface area contributed by atoms with Gasteiger partial charge in [-0.15, -0.1) is 0 Å². The van der Waals surface area contributed by atoms with Gasteiger partial charge in [-0.05, 0) is 43.0 Å². The lowest BCUT2D eigenvalue weighted by Crippen LogP contribution is -2.54. The van der Waals surface area contributed by atoms with Gasteiger partial charge >= 0.3 is 0 Å². The van der Waals surface area contributed by atoms with Gasteiger partial charge in [-0.3, -0.25) is 19.7 Å². The molecular weight excluding hydrogens is 378 g/mol. The molecule has 4 atom stereocenters. The van der Waals surface area contributed by atoms with Gasteiger partial charge in [0.1, 0.15) is 5.54 Å². The smallest absolute Gasteiger partial charge is 0.250 e. The van der Waals surface area contributed by atoms with Crippen molar-refractivity contribution in [3.63, 3.8) is 0 Å². The van der Waals surface area contributed by atoms with Crippen molar-refractivity contribution < 1.29 is 14.4 Å². The third kappa shape index (κ3) is 2.20. The van der Waals surface area contributed by atoms with Gasteiger partial charge in [0.15, 0.2) is 0 Å². The fraction of sp³-hybridized carbons (Fsp3) is 0.375. The topological polar surface area (TPSA) is 78.5 Å². The number of para-hydroxylation sites is 1. The molecule has 0 bridgehead atoms. The highest BCUT2D eigenvalue weighted by Crippen LogP contribution is 2.54. The maximum atomic E-state index is 13.8. The highest BCUT2D eigenvalue weighted by molar-refractivity contribution is 6.26. The monoisotopic (exact) mass is 403 g/mol. The van der Waals surface area contributed by atoms with Crippen LogP contribution >= 0.6 is 0 Å². The number of benzene rings is 2. The van der Waals surface area contributed by atoms with Crippen molar-refractivity contribution >= 4 is 29.1 Å². The van der Waals surface area contributed by atoms with Crippen LogP contribution in [0.1, 0.15) is 30.5 Å². The van der Waals surface area contributed by atoms with E-state index in [9.17, 15) is 14.4 Å². The van der Waals surface area contributed by atoms with Gasteiger partial charge < -0.3 is 5.32 Å². The van der Waals surface area contributed by atoms with Crippen LogP contribution in [0.4, 0.5) is 11.4 Å². The van der Waals surface area contributed by atoms with E-state index in [1.165, 1.54) is 4.90 Å². The second kappa shape index (κ2) is 6.25. The molecule has 4 unspecified atom stereocenters. The van der Waals surface area contributed by atoms with Crippen molar-refractivity contribution in [3.8, 4) is 0 Å². The Morgan fingerprint density at radius 3 is 2.43 bits per heavy atom. The first-order chi connectivity index (χ1) is 14.3. The third-order valence-corrected chi connectivity index (χ3v) is 7.09. The van der Waals surface area contributed by atoms with Crippen LogP contribution in [-0.4, -0.2) is 23.8 Å². The van der Waals surface area contributed by atoms with Crippen molar-refractivity contribution in [3.05, 3.63) is 59.2 Å². The second-order valence-corrected chi connectivity index (χ2v) is 8.96. The predicted octanol–water partition coefficient (Wildman–Crippen LogP) is 2.88. The number of rotatable bonds is 2. The van der Waals surface area contributed by atoms with Gasteiger partial charge in [0.05, 0.1) is 17.5 Å². The molecule has 2 aromatic rings. The van der Waals surface area contributed by atoms with E-state index in [1.54, 1.807) is 0 Å². The van der Waals surface area contributed by atoms with Crippen LogP contribution in [0.5, 0.6) is 0 Å². The maximum absolute atomic E-state index is 13.8. The SMILES string of the molecule is Cc1cccc(N2C(=O)C3C(C(C)C)NC4(C(=O)Nc5ccccc54)C3C2=O)c1C. The Morgan fingerprint density at radius 2 is 1.70 bits per heavy atom. The van der Waals surface area contributed by atoms with Gasteiger partial charge in [-0.25, -0.2) is 4.90 Å². The third-order valence-electron chi connectivity index (χ3n) is 7.09. The van der Waals surface area contributed by atoms with E-state index < -0.39 is 17.4 Å². The number of carbonyl (C=O) groups is 3. The van der Waals surface area contributed by atoms with Crippen molar-refractivity contribution in [1.29, 1.82) is 0 Å². The minimum atomic E-state index is -1.23. The largest absolute Gasteiger partial charge is 0.324 e. The van der Waals surface area contributed by atoms with Gasteiger partial charge in [-0.2, -0.15) is 0 Å². The summed E-state index contributed by atoms with van der Waals surface area (Å²) in [6.45, 7) is 7.92. The summed E-state index contributed by atoms with van der Waals surface area (Å²) < 4.78 is 0. The quantitative estimate of drug-likeness (QED) is 0.756. The fourth-order valence-electron chi connectivity index (χ4n) is 5.48. The minimum absolute atomic E-state index is 0.0766. The number of anilines is 2. The molecule has 0 aliphatic carbocycles. The highest BCUT2D eigenvalue weighted by atomic mass is 16.2. The lowest BCUT2D eigenvalue weighted by molar-refractivity contribution is -0.130. The number of imide groups is 1. The molecule has 2 N–H and O–H groups in total. The zero-order chi connectivity index (χ0) is 21.4. The molecule has 1 spiro atoms. The summed E-state index contributed by atoms with van der Waals surface area (Å²) in [5.74, 6) is -2.08. The number of carbonyl (C=O) groups excluding carboxylic acids is 3. The molecule has 6 heteroatoms. The van der Waals surface area contributed by atoms with E-state index in [0.29, 0.717) is 11.4 Å². The molecule has 30 heavy (non-hydrogen) atoms. The molecule has 154 valence electrons. The molecular formula is C24H25N3O3. The van der Waals surface area contributed by atoms with E-state index in [2.05, 4.69) is 10.6 Å². The van der Waals surface area contributed by atoms with Crippen molar-refractivity contribution in [2.24, 2.45) is 17.8 Å². The first-order valence-electron chi connectivity index (χ1n) is 10.4. The van der Waals surface area contributed by atoms with Crippen LogP contribution in [-0.2, 0) is 19.9 Å². The molecule has 2 fully saturated rings. The number of hydrogen-bond acceptors (Lipinski definition) is 4. The van der Waals surface area contributed by atoms with Crippen LogP contribution < -0.4 is 15.5 Å². The first-order valence-corrected chi connectivity index (χ1v) is 10.4. The molecule has 5 rings (SSSR count). The van der Waals surface area contributed by atoms with E-state index in [1.807, 2.05) is 70.2 Å². The van der Waals surface area contributed by atoms with Crippen LogP contribution in [0.2, 0.25) is 0 Å².